The van der Waals surface area contributed by atoms with Gasteiger partial charge in [-0.3, -0.25) is 13.8 Å². The Balaban J connectivity index is 4.38. The number of quaternary nitrogens is 1. The number of aliphatic hydroxyl groups is 1. The highest BCUT2D eigenvalue weighted by molar-refractivity contribution is 7.47. The molecule has 0 aromatic rings. The van der Waals surface area contributed by atoms with Crippen molar-refractivity contribution in [2.24, 2.45) is 0 Å². The van der Waals surface area contributed by atoms with Gasteiger partial charge in [-0.05, 0) is 57.8 Å². The highest BCUT2D eigenvalue weighted by Gasteiger charge is 2.27. The molecular weight excluding hydrogens is 683 g/mol. The minimum atomic E-state index is -4.34. The van der Waals surface area contributed by atoms with Gasteiger partial charge in [0.05, 0.1) is 39.9 Å². The van der Waals surface area contributed by atoms with Crippen LogP contribution in [0.3, 0.4) is 0 Å². The minimum absolute atomic E-state index is 0.0551. The zero-order valence-electron chi connectivity index (χ0n) is 35.3. The van der Waals surface area contributed by atoms with Crippen LogP contribution in [-0.4, -0.2) is 73.4 Å². The van der Waals surface area contributed by atoms with E-state index >= 15 is 0 Å². The molecule has 0 fully saturated rings. The van der Waals surface area contributed by atoms with Crippen molar-refractivity contribution < 1.29 is 32.9 Å². The van der Waals surface area contributed by atoms with Crippen LogP contribution in [-0.2, 0) is 18.4 Å². The van der Waals surface area contributed by atoms with Gasteiger partial charge < -0.3 is 19.8 Å². The number of unbranched alkanes of at least 4 members (excludes halogenated alkanes) is 22. The zero-order valence-corrected chi connectivity index (χ0v) is 36.1. The highest BCUT2D eigenvalue weighted by Crippen LogP contribution is 2.43. The third-order valence-corrected chi connectivity index (χ3v) is 10.6. The molecule has 0 aromatic heterocycles. The molecule has 0 aromatic carbocycles. The summed E-state index contributed by atoms with van der Waals surface area (Å²) in [7, 11) is 1.55. The molecular formula is C44H86N2O6P+. The monoisotopic (exact) mass is 770 g/mol. The maximum Gasteiger partial charge on any atom is 0.472 e. The molecule has 8 nitrogen and oxygen atoms in total. The largest absolute Gasteiger partial charge is 0.472 e. The Bertz CT molecular complexity index is 964. The van der Waals surface area contributed by atoms with Gasteiger partial charge in [-0.15, -0.1) is 0 Å². The fourth-order valence-corrected chi connectivity index (χ4v) is 6.79. The fourth-order valence-electron chi connectivity index (χ4n) is 6.05. The molecule has 0 aliphatic rings. The molecule has 1 amide bonds. The number of carbonyl (C=O) groups excluding carboxylic acids is 1. The Labute approximate surface area is 327 Å². The molecule has 0 saturated heterocycles. The maximum absolute atomic E-state index is 12.8. The maximum atomic E-state index is 12.8. The molecule has 0 aliphatic heterocycles. The molecule has 3 atom stereocenters. The molecule has 0 saturated carbocycles. The van der Waals surface area contributed by atoms with Gasteiger partial charge in [0, 0.05) is 6.42 Å². The Morgan fingerprint density at radius 1 is 0.623 bits per heavy atom. The summed E-state index contributed by atoms with van der Waals surface area (Å²) in [5, 5.41) is 13.7. The Morgan fingerprint density at radius 2 is 1.04 bits per heavy atom. The number of phosphoric acid groups is 1. The van der Waals surface area contributed by atoms with Crippen LogP contribution >= 0.6 is 7.82 Å². The van der Waals surface area contributed by atoms with Crippen LogP contribution in [0.5, 0.6) is 0 Å². The van der Waals surface area contributed by atoms with Crippen LogP contribution in [0, 0.1) is 0 Å². The Hall–Kier alpha value is -1.28. The lowest BCUT2D eigenvalue weighted by Gasteiger charge is -2.25. The number of carbonyl (C=O) groups is 1. The van der Waals surface area contributed by atoms with Crippen LogP contribution in [0.1, 0.15) is 187 Å². The van der Waals surface area contributed by atoms with Gasteiger partial charge in [0.15, 0.2) is 0 Å². The second-order valence-corrected chi connectivity index (χ2v) is 17.5. The summed E-state index contributed by atoms with van der Waals surface area (Å²) in [4.78, 5) is 23.1. The van der Waals surface area contributed by atoms with Crippen molar-refractivity contribution in [3.05, 3.63) is 36.5 Å². The molecule has 0 heterocycles. The summed E-state index contributed by atoms with van der Waals surface area (Å²) >= 11 is 0. The van der Waals surface area contributed by atoms with E-state index in [4.69, 9.17) is 9.05 Å². The Morgan fingerprint density at radius 3 is 1.51 bits per heavy atom. The van der Waals surface area contributed by atoms with Crippen molar-refractivity contribution in [2.75, 3.05) is 40.9 Å². The van der Waals surface area contributed by atoms with E-state index in [9.17, 15) is 19.4 Å². The number of aliphatic hydroxyl groups excluding tert-OH is 1. The van der Waals surface area contributed by atoms with E-state index in [1.54, 1.807) is 6.08 Å². The topological polar surface area (TPSA) is 105 Å². The van der Waals surface area contributed by atoms with E-state index in [2.05, 4.69) is 43.5 Å². The molecule has 312 valence electrons. The second-order valence-electron chi connectivity index (χ2n) is 16.1. The number of allylic oxidation sites excluding steroid dienone is 5. The van der Waals surface area contributed by atoms with E-state index in [-0.39, 0.29) is 19.1 Å². The molecule has 3 N–H and O–H groups in total. The fraction of sp³-hybridized carbons (Fsp3) is 0.841. The van der Waals surface area contributed by atoms with Crippen LogP contribution in [0.4, 0.5) is 0 Å². The van der Waals surface area contributed by atoms with E-state index in [1.165, 1.54) is 128 Å². The van der Waals surface area contributed by atoms with E-state index in [0.717, 1.165) is 38.5 Å². The number of phosphoric ester groups is 1. The van der Waals surface area contributed by atoms with Crippen molar-refractivity contribution >= 4 is 13.7 Å². The first-order chi connectivity index (χ1) is 25.5. The van der Waals surface area contributed by atoms with Crippen molar-refractivity contribution in [3.63, 3.8) is 0 Å². The van der Waals surface area contributed by atoms with Crippen LogP contribution < -0.4 is 5.32 Å². The Kier molecular flexibility index (Phi) is 35.5. The third kappa shape index (κ3) is 38.8. The molecule has 0 spiro atoms. The lowest BCUT2D eigenvalue weighted by molar-refractivity contribution is -0.870. The number of likely N-dealkylation sites (N-methyl/N-ethyl adjacent to an activating group) is 1. The molecule has 9 heteroatoms. The first kappa shape index (κ1) is 51.7. The SMILES string of the molecule is CCCCCCC/C=C/CC/C=C/C(O)C(COP(=O)(O)OCC[N+](C)(C)C)NC(=O)CCCCCCCCC/C=C\CCCCCCCCCCC. The standard InChI is InChI=1S/C44H85N2O6P/c1-6-8-10-12-14-16-18-19-20-21-22-23-24-25-26-28-30-32-34-36-38-44(48)45-42(41-52-53(49,50)51-40-39-46(3,4)5)43(47)37-35-33-31-29-27-17-15-13-11-9-7-2/h22-23,27,29,35,37,42-43,47H,6-21,24-26,28,30-34,36,38-41H2,1-5H3,(H-,45,48,49,50)/p+1/b23-22-,29-27+,37-35+. The second kappa shape index (κ2) is 36.4. The van der Waals surface area contributed by atoms with Crippen molar-refractivity contribution in [1.29, 1.82) is 0 Å². The van der Waals surface area contributed by atoms with Gasteiger partial charge in [-0.25, -0.2) is 4.57 Å². The predicted octanol–water partition coefficient (Wildman–Crippen LogP) is 11.9. The van der Waals surface area contributed by atoms with E-state index in [1.807, 2.05) is 27.2 Å². The number of hydrogen-bond donors (Lipinski definition) is 3. The zero-order chi connectivity index (χ0) is 39.3. The van der Waals surface area contributed by atoms with Gasteiger partial charge in [0.25, 0.3) is 0 Å². The summed E-state index contributed by atoms with van der Waals surface area (Å²) in [5.41, 5.74) is 0. The number of nitrogens with one attached hydrogen (secondary N) is 1. The van der Waals surface area contributed by atoms with E-state index in [0.29, 0.717) is 17.4 Å². The third-order valence-electron chi connectivity index (χ3n) is 9.58. The minimum Gasteiger partial charge on any atom is -0.387 e. The summed E-state index contributed by atoms with van der Waals surface area (Å²) in [6.45, 7) is 4.76. The summed E-state index contributed by atoms with van der Waals surface area (Å²) < 4.78 is 23.5. The lowest BCUT2D eigenvalue weighted by atomic mass is 10.1. The smallest absolute Gasteiger partial charge is 0.387 e. The van der Waals surface area contributed by atoms with Gasteiger partial charge in [0.2, 0.25) is 5.91 Å². The van der Waals surface area contributed by atoms with Gasteiger partial charge in [-0.2, -0.15) is 0 Å². The van der Waals surface area contributed by atoms with Gasteiger partial charge in [-0.1, -0.05) is 159 Å². The normalized spacial score (nSPS) is 14.8. The van der Waals surface area contributed by atoms with Crippen molar-refractivity contribution in [3.8, 4) is 0 Å². The first-order valence-electron chi connectivity index (χ1n) is 21.9. The summed E-state index contributed by atoms with van der Waals surface area (Å²) in [6, 6.07) is -0.862. The molecule has 0 radical (unpaired) electrons. The quantitative estimate of drug-likeness (QED) is 0.0249. The lowest BCUT2D eigenvalue weighted by Crippen LogP contribution is -2.45. The van der Waals surface area contributed by atoms with Crippen LogP contribution in [0.25, 0.3) is 0 Å². The van der Waals surface area contributed by atoms with E-state index < -0.39 is 20.0 Å². The van der Waals surface area contributed by atoms with Crippen LogP contribution in [0.2, 0.25) is 0 Å². The summed E-state index contributed by atoms with van der Waals surface area (Å²) in [5.74, 6) is -0.194. The van der Waals surface area contributed by atoms with Gasteiger partial charge in [0.1, 0.15) is 13.2 Å². The average molecular weight is 770 g/mol. The molecule has 0 rings (SSSR count). The molecule has 3 unspecified atom stereocenters. The number of rotatable bonds is 39. The molecule has 53 heavy (non-hydrogen) atoms. The number of hydrogen-bond acceptors (Lipinski definition) is 5. The van der Waals surface area contributed by atoms with Crippen molar-refractivity contribution in [2.45, 2.75) is 199 Å². The molecule has 0 aliphatic carbocycles. The number of nitrogens with zero attached hydrogens (tertiary/aromatic N) is 1. The van der Waals surface area contributed by atoms with Gasteiger partial charge >= 0.3 is 7.82 Å². The highest BCUT2D eigenvalue weighted by atomic mass is 31.2. The first-order valence-corrected chi connectivity index (χ1v) is 23.4. The number of amides is 1. The summed E-state index contributed by atoms with van der Waals surface area (Å²) in [6.07, 6.45) is 43.6. The average Bonchev–Trinajstić information content (AvgIpc) is 3.10. The predicted molar refractivity (Wildman–Crippen MR) is 226 cm³/mol. The van der Waals surface area contributed by atoms with Crippen LogP contribution in [0.15, 0.2) is 36.5 Å². The molecule has 0 bridgehead atoms. The van der Waals surface area contributed by atoms with Crippen molar-refractivity contribution in [1.82, 2.24) is 5.32 Å².